The van der Waals surface area contributed by atoms with Gasteiger partial charge in [-0.05, 0) is 56.0 Å². The Morgan fingerprint density at radius 3 is 2.62 bits per heavy atom. The van der Waals surface area contributed by atoms with Gasteiger partial charge in [0.15, 0.2) is 11.5 Å². The second kappa shape index (κ2) is 8.23. The topological polar surface area (TPSA) is 84.9 Å². The first-order chi connectivity index (χ1) is 12.6. The molecule has 2 N–H and O–H groups in total. The van der Waals surface area contributed by atoms with Gasteiger partial charge in [-0.15, -0.1) is 11.3 Å². The lowest BCUT2D eigenvalue weighted by Gasteiger charge is -2.16. The predicted octanol–water partition coefficient (Wildman–Crippen LogP) is 3.71. The second-order valence-electron chi connectivity index (χ2n) is 6.14. The fourth-order valence-corrected chi connectivity index (χ4v) is 3.74. The van der Waals surface area contributed by atoms with Crippen molar-refractivity contribution in [2.24, 2.45) is 0 Å². The number of carbonyl (C=O) groups is 2. The Hall–Kier alpha value is -2.54. The van der Waals surface area contributed by atoms with Crippen molar-refractivity contribution in [2.45, 2.75) is 38.3 Å². The van der Waals surface area contributed by atoms with Gasteiger partial charge in [-0.1, -0.05) is 0 Å². The number of ether oxygens (including phenoxy) is 2. The molecule has 0 bridgehead atoms. The van der Waals surface area contributed by atoms with Crippen LogP contribution in [0.4, 0.5) is 0 Å². The third-order valence-corrected chi connectivity index (χ3v) is 5.39. The van der Waals surface area contributed by atoms with Crippen molar-refractivity contribution in [1.29, 1.82) is 0 Å². The molecular formula is C19H21NO5S. The van der Waals surface area contributed by atoms with Crippen LogP contribution < -0.4 is 14.8 Å². The molecule has 1 aliphatic rings. The second-order valence-corrected chi connectivity index (χ2v) is 7.31. The summed E-state index contributed by atoms with van der Waals surface area (Å²) in [5.41, 5.74) is 0.468. The molecule has 0 spiro atoms. The molecule has 138 valence electrons. The number of carboxylic acid groups (broad SMARTS) is 1. The lowest BCUT2D eigenvalue weighted by Crippen LogP contribution is -2.22. The molecule has 1 saturated carbocycles. The van der Waals surface area contributed by atoms with E-state index in [2.05, 4.69) is 5.32 Å². The van der Waals surface area contributed by atoms with E-state index >= 15 is 0 Å². The van der Waals surface area contributed by atoms with Gasteiger partial charge in [0.2, 0.25) is 0 Å². The van der Waals surface area contributed by atoms with Gasteiger partial charge in [-0.2, -0.15) is 0 Å². The molecule has 1 aliphatic carbocycles. The smallest absolute Gasteiger partial charge is 0.345 e. The summed E-state index contributed by atoms with van der Waals surface area (Å²) in [5, 5.41) is 11.7. The predicted molar refractivity (Wildman–Crippen MR) is 98.3 cm³/mol. The number of hydrogen-bond acceptors (Lipinski definition) is 5. The van der Waals surface area contributed by atoms with Crippen molar-refractivity contribution in [2.75, 3.05) is 7.11 Å². The first kappa shape index (κ1) is 18.3. The van der Waals surface area contributed by atoms with E-state index in [1.807, 2.05) is 0 Å². The zero-order valence-electron chi connectivity index (χ0n) is 14.5. The van der Waals surface area contributed by atoms with Crippen LogP contribution in [0.25, 0.3) is 0 Å². The highest BCUT2D eigenvalue weighted by molar-refractivity contribution is 7.13. The van der Waals surface area contributed by atoms with Crippen molar-refractivity contribution in [1.82, 2.24) is 5.32 Å². The van der Waals surface area contributed by atoms with E-state index in [-0.39, 0.29) is 23.4 Å². The molecule has 1 aromatic carbocycles. The van der Waals surface area contributed by atoms with Crippen LogP contribution in [-0.2, 0) is 6.54 Å². The number of carboxylic acids is 1. The quantitative estimate of drug-likeness (QED) is 0.771. The highest BCUT2D eigenvalue weighted by atomic mass is 32.1. The minimum atomic E-state index is -0.963. The lowest BCUT2D eigenvalue weighted by molar-refractivity contribution is 0.0702. The summed E-state index contributed by atoms with van der Waals surface area (Å²) in [6.07, 6.45) is 4.67. The molecule has 1 heterocycles. The monoisotopic (exact) mass is 375 g/mol. The first-order valence-electron chi connectivity index (χ1n) is 8.51. The SMILES string of the molecule is COc1cc(C(=O)NCc2ccc(C(=O)O)s2)ccc1OC1CCCC1. The fourth-order valence-electron chi connectivity index (χ4n) is 2.95. The van der Waals surface area contributed by atoms with Gasteiger partial charge in [0.25, 0.3) is 5.91 Å². The molecule has 0 radical (unpaired) electrons. The summed E-state index contributed by atoms with van der Waals surface area (Å²) in [6, 6.07) is 8.37. The Kier molecular flexibility index (Phi) is 5.78. The average molecular weight is 375 g/mol. The molecule has 26 heavy (non-hydrogen) atoms. The molecule has 1 aromatic heterocycles. The number of hydrogen-bond donors (Lipinski definition) is 2. The number of nitrogens with one attached hydrogen (secondary N) is 1. The van der Waals surface area contributed by atoms with E-state index in [4.69, 9.17) is 14.6 Å². The van der Waals surface area contributed by atoms with Crippen molar-refractivity contribution in [3.05, 3.63) is 45.6 Å². The minimum Gasteiger partial charge on any atom is -0.493 e. The number of rotatable bonds is 7. The number of amides is 1. The minimum absolute atomic E-state index is 0.214. The van der Waals surface area contributed by atoms with Crippen LogP contribution in [0.2, 0.25) is 0 Å². The summed E-state index contributed by atoms with van der Waals surface area (Å²) in [5.74, 6) is -0.0229. The van der Waals surface area contributed by atoms with E-state index in [1.54, 1.807) is 31.4 Å². The van der Waals surface area contributed by atoms with Crippen LogP contribution in [0.3, 0.4) is 0 Å². The zero-order valence-corrected chi connectivity index (χ0v) is 15.3. The van der Waals surface area contributed by atoms with Crippen molar-refractivity contribution in [3.8, 4) is 11.5 Å². The highest BCUT2D eigenvalue weighted by Crippen LogP contribution is 2.32. The highest BCUT2D eigenvalue weighted by Gasteiger charge is 2.19. The van der Waals surface area contributed by atoms with E-state index in [9.17, 15) is 9.59 Å². The maximum Gasteiger partial charge on any atom is 0.345 e. The molecule has 7 heteroatoms. The molecule has 0 aliphatic heterocycles. The lowest BCUT2D eigenvalue weighted by atomic mass is 10.2. The Labute approximate surface area is 155 Å². The van der Waals surface area contributed by atoms with Crippen LogP contribution in [-0.4, -0.2) is 30.2 Å². The molecule has 1 fully saturated rings. The van der Waals surface area contributed by atoms with Crippen LogP contribution >= 0.6 is 11.3 Å². The average Bonchev–Trinajstić information content (AvgIpc) is 3.31. The van der Waals surface area contributed by atoms with E-state index < -0.39 is 5.97 Å². The number of aromatic carboxylic acids is 1. The standard InChI is InChI=1S/C19H21NO5S/c1-24-16-10-12(6-8-15(16)25-13-4-2-3-5-13)18(21)20-11-14-7-9-17(26-14)19(22)23/h6-10,13H,2-5,11H2,1H3,(H,20,21)(H,22,23). The van der Waals surface area contributed by atoms with Crippen molar-refractivity contribution in [3.63, 3.8) is 0 Å². The van der Waals surface area contributed by atoms with E-state index in [0.717, 1.165) is 29.1 Å². The number of methoxy groups -OCH3 is 1. The molecule has 0 unspecified atom stereocenters. The molecule has 0 atom stereocenters. The van der Waals surface area contributed by atoms with Crippen LogP contribution in [0.5, 0.6) is 11.5 Å². The molecule has 6 nitrogen and oxygen atoms in total. The fraction of sp³-hybridized carbons (Fsp3) is 0.368. The summed E-state index contributed by atoms with van der Waals surface area (Å²) >= 11 is 1.15. The number of thiophene rings is 1. The Balaban J connectivity index is 1.63. The Morgan fingerprint density at radius 1 is 1.19 bits per heavy atom. The van der Waals surface area contributed by atoms with Gasteiger partial charge in [-0.3, -0.25) is 4.79 Å². The van der Waals surface area contributed by atoms with Gasteiger partial charge in [0, 0.05) is 10.4 Å². The first-order valence-corrected chi connectivity index (χ1v) is 9.33. The third kappa shape index (κ3) is 4.35. The molecule has 1 amide bonds. The third-order valence-electron chi connectivity index (χ3n) is 4.32. The van der Waals surface area contributed by atoms with Crippen LogP contribution in [0.15, 0.2) is 30.3 Å². The molecule has 2 aromatic rings. The molecular weight excluding hydrogens is 354 g/mol. The van der Waals surface area contributed by atoms with Gasteiger partial charge >= 0.3 is 5.97 Å². The summed E-state index contributed by atoms with van der Waals surface area (Å²) in [6.45, 7) is 0.277. The van der Waals surface area contributed by atoms with Gasteiger partial charge < -0.3 is 19.9 Å². The van der Waals surface area contributed by atoms with Crippen molar-refractivity contribution >= 4 is 23.2 Å². The Bertz CT molecular complexity index is 795. The summed E-state index contributed by atoms with van der Waals surface area (Å²) in [7, 11) is 1.55. The largest absolute Gasteiger partial charge is 0.493 e. The van der Waals surface area contributed by atoms with Crippen molar-refractivity contribution < 1.29 is 24.2 Å². The van der Waals surface area contributed by atoms with E-state index in [0.29, 0.717) is 17.1 Å². The van der Waals surface area contributed by atoms with E-state index in [1.165, 1.54) is 18.9 Å². The van der Waals surface area contributed by atoms with Gasteiger partial charge in [0.05, 0.1) is 19.8 Å². The molecule has 0 saturated heterocycles. The van der Waals surface area contributed by atoms with Crippen LogP contribution in [0, 0.1) is 0 Å². The maximum atomic E-state index is 12.4. The summed E-state index contributed by atoms with van der Waals surface area (Å²) < 4.78 is 11.3. The summed E-state index contributed by atoms with van der Waals surface area (Å²) in [4.78, 5) is 24.3. The van der Waals surface area contributed by atoms with Gasteiger partial charge in [-0.25, -0.2) is 4.79 Å². The van der Waals surface area contributed by atoms with Crippen LogP contribution in [0.1, 0.15) is 50.6 Å². The number of benzene rings is 1. The maximum absolute atomic E-state index is 12.4. The normalized spacial score (nSPS) is 14.2. The Morgan fingerprint density at radius 2 is 1.96 bits per heavy atom. The molecule has 3 rings (SSSR count). The zero-order chi connectivity index (χ0) is 18.5. The number of carbonyl (C=O) groups excluding carboxylic acids is 1. The van der Waals surface area contributed by atoms with Gasteiger partial charge in [0.1, 0.15) is 4.88 Å².